The Morgan fingerprint density at radius 3 is 2.88 bits per heavy atom. The van der Waals surface area contributed by atoms with Gasteiger partial charge in [0.15, 0.2) is 0 Å². The van der Waals surface area contributed by atoms with Gasteiger partial charge in [0.1, 0.15) is 0 Å². The van der Waals surface area contributed by atoms with Crippen LogP contribution in [0.1, 0.15) is 34.8 Å². The minimum atomic E-state index is 0.150. The number of likely N-dealkylation sites (tertiary alicyclic amines) is 1. The van der Waals surface area contributed by atoms with Crippen LogP contribution in [0.3, 0.4) is 0 Å². The summed E-state index contributed by atoms with van der Waals surface area (Å²) in [5.41, 5.74) is 3.06. The number of aryl methyl sites for hydroxylation is 1. The van der Waals surface area contributed by atoms with Crippen molar-refractivity contribution in [3.63, 3.8) is 0 Å². The molecule has 0 N–H and O–H groups in total. The fraction of sp³-hybridized carbons (Fsp3) is 0.450. The highest BCUT2D eigenvalue weighted by atomic mass is 16.2. The van der Waals surface area contributed by atoms with Crippen LogP contribution in [-0.4, -0.2) is 52.4 Å². The molecular weight excluding hydrogens is 312 g/mol. The van der Waals surface area contributed by atoms with E-state index in [1.165, 1.54) is 5.56 Å². The topological polar surface area (TPSA) is 49.3 Å². The zero-order valence-electron chi connectivity index (χ0n) is 15.1. The minimum Gasteiger partial charge on any atom is -0.338 e. The second-order valence-corrected chi connectivity index (χ2v) is 6.85. The standard InChI is InChI=1S/C20H26N4O/c1-3-18-12-22-9-6-19(18)20(25)24-10-7-17(15-24)14-23(2)13-16-5-4-8-21-11-16/h4-6,8-9,11-12,17H,3,7,10,13-15H2,1-2H3. The van der Waals surface area contributed by atoms with E-state index in [4.69, 9.17) is 0 Å². The van der Waals surface area contributed by atoms with Crippen molar-refractivity contribution in [1.82, 2.24) is 19.8 Å². The van der Waals surface area contributed by atoms with Gasteiger partial charge in [-0.05, 0) is 49.1 Å². The van der Waals surface area contributed by atoms with Gasteiger partial charge >= 0.3 is 0 Å². The zero-order chi connectivity index (χ0) is 17.6. The highest BCUT2D eigenvalue weighted by Crippen LogP contribution is 2.21. The summed E-state index contributed by atoms with van der Waals surface area (Å²) < 4.78 is 0. The molecule has 1 aliphatic heterocycles. The van der Waals surface area contributed by atoms with Gasteiger partial charge in [-0.3, -0.25) is 14.8 Å². The predicted octanol–water partition coefficient (Wildman–Crippen LogP) is 2.63. The lowest BCUT2D eigenvalue weighted by molar-refractivity contribution is 0.0783. The first-order chi connectivity index (χ1) is 12.2. The van der Waals surface area contributed by atoms with Crippen LogP contribution in [0.5, 0.6) is 0 Å². The Hall–Kier alpha value is -2.27. The van der Waals surface area contributed by atoms with E-state index in [-0.39, 0.29) is 5.91 Å². The third kappa shape index (κ3) is 4.42. The van der Waals surface area contributed by atoms with Crippen molar-refractivity contribution in [3.8, 4) is 0 Å². The maximum Gasteiger partial charge on any atom is 0.254 e. The molecule has 1 unspecified atom stereocenters. The van der Waals surface area contributed by atoms with E-state index in [9.17, 15) is 4.79 Å². The maximum atomic E-state index is 12.8. The number of hydrogen-bond acceptors (Lipinski definition) is 4. The van der Waals surface area contributed by atoms with Gasteiger partial charge < -0.3 is 9.80 Å². The number of carbonyl (C=O) groups is 1. The molecule has 1 amide bonds. The van der Waals surface area contributed by atoms with E-state index in [1.807, 2.05) is 29.4 Å². The Bertz CT molecular complexity index is 704. The Balaban J connectivity index is 1.55. The normalized spacial score (nSPS) is 17.2. The van der Waals surface area contributed by atoms with Crippen LogP contribution in [0.2, 0.25) is 0 Å². The van der Waals surface area contributed by atoms with E-state index < -0.39 is 0 Å². The number of amides is 1. The van der Waals surface area contributed by atoms with Gasteiger partial charge in [0.05, 0.1) is 0 Å². The van der Waals surface area contributed by atoms with Crippen molar-refractivity contribution in [2.45, 2.75) is 26.3 Å². The summed E-state index contributed by atoms with van der Waals surface area (Å²) in [6.07, 6.45) is 9.13. The van der Waals surface area contributed by atoms with Crippen LogP contribution in [0, 0.1) is 5.92 Å². The molecule has 0 saturated carbocycles. The number of pyridine rings is 2. The van der Waals surface area contributed by atoms with E-state index >= 15 is 0 Å². The third-order valence-electron chi connectivity index (χ3n) is 4.83. The van der Waals surface area contributed by atoms with Gasteiger partial charge in [0.2, 0.25) is 0 Å². The molecule has 1 fully saturated rings. The van der Waals surface area contributed by atoms with Gasteiger partial charge in [-0.15, -0.1) is 0 Å². The fourth-order valence-corrected chi connectivity index (χ4v) is 3.56. The Kier molecular flexibility index (Phi) is 5.76. The minimum absolute atomic E-state index is 0.150. The highest BCUT2D eigenvalue weighted by Gasteiger charge is 2.28. The molecule has 0 spiro atoms. The largest absolute Gasteiger partial charge is 0.338 e. The average Bonchev–Trinajstić information content (AvgIpc) is 3.10. The molecule has 0 aromatic carbocycles. The number of aromatic nitrogens is 2. The summed E-state index contributed by atoms with van der Waals surface area (Å²) in [7, 11) is 2.13. The lowest BCUT2D eigenvalue weighted by Crippen LogP contribution is -2.32. The lowest BCUT2D eigenvalue weighted by atomic mass is 10.1. The molecule has 1 atom stereocenters. The van der Waals surface area contributed by atoms with E-state index in [2.05, 4.69) is 34.9 Å². The van der Waals surface area contributed by atoms with Crippen LogP contribution in [-0.2, 0) is 13.0 Å². The molecule has 0 radical (unpaired) electrons. The van der Waals surface area contributed by atoms with Gasteiger partial charge in [-0.1, -0.05) is 13.0 Å². The first-order valence-corrected chi connectivity index (χ1v) is 8.97. The summed E-state index contributed by atoms with van der Waals surface area (Å²) in [5, 5.41) is 0. The SMILES string of the molecule is CCc1cnccc1C(=O)N1CCC(CN(C)Cc2cccnc2)C1. The third-order valence-corrected chi connectivity index (χ3v) is 4.83. The summed E-state index contributed by atoms with van der Waals surface area (Å²) in [5.74, 6) is 0.675. The molecule has 0 bridgehead atoms. The van der Waals surface area contributed by atoms with Crippen molar-refractivity contribution in [1.29, 1.82) is 0 Å². The first kappa shape index (κ1) is 17.5. The zero-order valence-corrected chi connectivity index (χ0v) is 15.1. The van der Waals surface area contributed by atoms with Gasteiger partial charge in [0.25, 0.3) is 5.91 Å². The molecule has 132 valence electrons. The monoisotopic (exact) mass is 338 g/mol. The smallest absolute Gasteiger partial charge is 0.254 e. The first-order valence-electron chi connectivity index (χ1n) is 8.97. The number of nitrogens with zero attached hydrogens (tertiary/aromatic N) is 4. The van der Waals surface area contributed by atoms with Crippen molar-refractivity contribution in [2.24, 2.45) is 5.92 Å². The van der Waals surface area contributed by atoms with Crippen LogP contribution in [0.15, 0.2) is 43.0 Å². The van der Waals surface area contributed by atoms with Gasteiger partial charge in [0, 0.05) is 56.5 Å². The second-order valence-electron chi connectivity index (χ2n) is 6.85. The van der Waals surface area contributed by atoms with Gasteiger partial charge in [-0.25, -0.2) is 0 Å². The number of hydrogen-bond donors (Lipinski definition) is 0. The Morgan fingerprint density at radius 1 is 1.28 bits per heavy atom. The molecule has 1 aliphatic rings. The average molecular weight is 338 g/mol. The molecule has 25 heavy (non-hydrogen) atoms. The fourth-order valence-electron chi connectivity index (χ4n) is 3.56. The maximum absolute atomic E-state index is 12.8. The molecule has 1 saturated heterocycles. The van der Waals surface area contributed by atoms with Crippen molar-refractivity contribution < 1.29 is 4.79 Å². The Morgan fingerprint density at radius 2 is 2.12 bits per heavy atom. The van der Waals surface area contributed by atoms with E-state index in [0.717, 1.165) is 50.1 Å². The lowest BCUT2D eigenvalue weighted by Gasteiger charge is -2.22. The van der Waals surface area contributed by atoms with Gasteiger partial charge in [-0.2, -0.15) is 0 Å². The second kappa shape index (κ2) is 8.21. The van der Waals surface area contributed by atoms with Crippen LogP contribution in [0.25, 0.3) is 0 Å². The van der Waals surface area contributed by atoms with E-state index in [1.54, 1.807) is 12.4 Å². The summed E-state index contributed by atoms with van der Waals surface area (Å²) in [6, 6.07) is 5.92. The quantitative estimate of drug-likeness (QED) is 0.812. The predicted molar refractivity (Wildman–Crippen MR) is 98.2 cm³/mol. The van der Waals surface area contributed by atoms with Crippen molar-refractivity contribution in [3.05, 3.63) is 59.7 Å². The Labute approximate surface area is 149 Å². The number of carbonyl (C=O) groups excluding carboxylic acids is 1. The highest BCUT2D eigenvalue weighted by molar-refractivity contribution is 5.95. The van der Waals surface area contributed by atoms with E-state index in [0.29, 0.717) is 5.92 Å². The molecular formula is C20H26N4O. The van der Waals surface area contributed by atoms with Crippen LogP contribution < -0.4 is 0 Å². The van der Waals surface area contributed by atoms with Crippen molar-refractivity contribution >= 4 is 5.91 Å². The molecule has 5 heteroatoms. The van der Waals surface area contributed by atoms with Crippen LogP contribution in [0.4, 0.5) is 0 Å². The number of rotatable bonds is 6. The molecule has 2 aromatic rings. The summed E-state index contributed by atoms with van der Waals surface area (Å²) >= 11 is 0. The van der Waals surface area contributed by atoms with Crippen LogP contribution >= 0.6 is 0 Å². The molecule has 2 aromatic heterocycles. The summed E-state index contributed by atoms with van der Waals surface area (Å²) in [4.78, 5) is 25.4. The van der Waals surface area contributed by atoms with Crippen molar-refractivity contribution in [2.75, 3.05) is 26.7 Å². The molecule has 3 heterocycles. The summed E-state index contributed by atoms with van der Waals surface area (Å²) in [6.45, 7) is 5.63. The molecule has 3 rings (SSSR count). The molecule has 0 aliphatic carbocycles. The molecule has 5 nitrogen and oxygen atoms in total.